The molecule has 2 atom stereocenters. The molecule has 2 aromatic carbocycles. The fraction of sp³-hybridized carbons (Fsp3) is 0.300. The summed E-state index contributed by atoms with van der Waals surface area (Å²) in [7, 11) is 0. The average molecular weight is 336 g/mol. The van der Waals surface area contributed by atoms with Gasteiger partial charge in [0.15, 0.2) is 0 Å². The molecule has 0 N–H and O–H groups in total. The molecule has 0 spiro atoms. The Hall–Kier alpha value is -2.66. The lowest BCUT2D eigenvalue weighted by atomic mass is 10.00. The van der Waals surface area contributed by atoms with E-state index in [0.29, 0.717) is 18.5 Å². The Kier molecular flexibility index (Phi) is 4.24. The second kappa shape index (κ2) is 6.69. The monoisotopic (exact) mass is 336 g/mol. The SMILES string of the molecule is O=C1O[C@@H](Cc2ccccc2)[C@@H]2CCCN2N1C(=O)c1ccccc1. The third-order valence-corrected chi connectivity index (χ3v) is 4.87. The minimum Gasteiger partial charge on any atom is -0.443 e. The number of rotatable bonds is 3. The van der Waals surface area contributed by atoms with Gasteiger partial charge < -0.3 is 4.74 Å². The molecule has 2 aliphatic heterocycles. The van der Waals surface area contributed by atoms with Gasteiger partial charge in [-0.1, -0.05) is 48.5 Å². The number of nitrogens with zero attached hydrogens (tertiary/aromatic N) is 2. The highest BCUT2D eigenvalue weighted by atomic mass is 16.6. The van der Waals surface area contributed by atoms with Gasteiger partial charge in [0.25, 0.3) is 5.91 Å². The third-order valence-electron chi connectivity index (χ3n) is 4.87. The van der Waals surface area contributed by atoms with Gasteiger partial charge in [-0.25, -0.2) is 9.80 Å². The van der Waals surface area contributed by atoms with Crippen molar-refractivity contribution < 1.29 is 14.3 Å². The molecule has 0 radical (unpaired) electrons. The molecule has 0 unspecified atom stereocenters. The van der Waals surface area contributed by atoms with Crippen LogP contribution < -0.4 is 0 Å². The van der Waals surface area contributed by atoms with Gasteiger partial charge in [0.1, 0.15) is 6.10 Å². The first-order valence-electron chi connectivity index (χ1n) is 8.64. The summed E-state index contributed by atoms with van der Waals surface area (Å²) in [6.45, 7) is 0.698. The molecular formula is C20H20N2O3. The lowest BCUT2D eigenvalue weighted by Gasteiger charge is -2.42. The smallest absolute Gasteiger partial charge is 0.432 e. The highest BCUT2D eigenvalue weighted by Gasteiger charge is 2.47. The molecule has 0 aliphatic carbocycles. The molecular weight excluding hydrogens is 316 g/mol. The minimum atomic E-state index is -0.576. The molecule has 2 heterocycles. The zero-order chi connectivity index (χ0) is 17.2. The van der Waals surface area contributed by atoms with Crippen LogP contribution in [0.3, 0.4) is 0 Å². The first kappa shape index (κ1) is 15.8. The van der Waals surface area contributed by atoms with Crippen molar-refractivity contribution >= 4 is 12.0 Å². The molecule has 25 heavy (non-hydrogen) atoms. The largest absolute Gasteiger partial charge is 0.443 e. The van der Waals surface area contributed by atoms with Crippen molar-refractivity contribution in [2.45, 2.75) is 31.4 Å². The van der Waals surface area contributed by atoms with Gasteiger partial charge in [-0.05, 0) is 30.5 Å². The van der Waals surface area contributed by atoms with E-state index in [1.807, 2.05) is 41.4 Å². The second-order valence-corrected chi connectivity index (χ2v) is 6.47. The van der Waals surface area contributed by atoms with Gasteiger partial charge in [0.2, 0.25) is 0 Å². The number of benzene rings is 2. The van der Waals surface area contributed by atoms with Crippen LogP contribution in [0.2, 0.25) is 0 Å². The van der Waals surface area contributed by atoms with Crippen molar-refractivity contribution in [1.82, 2.24) is 10.0 Å². The zero-order valence-corrected chi connectivity index (χ0v) is 13.9. The van der Waals surface area contributed by atoms with Gasteiger partial charge >= 0.3 is 6.09 Å². The van der Waals surface area contributed by atoms with E-state index in [9.17, 15) is 9.59 Å². The van der Waals surface area contributed by atoms with Gasteiger partial charge in [-0.15, -0.1) is 0 Å². The van der Waals surface area contributed by atoms with Crippen LogP contribution in [0, 0.1) is 0 Å². The van der Waals surface area contributed by atoms with Crippen molar-refractivity contribution in [1.29, 1.82) is 0 Å². The maximum Gasteiger partial charge on any atom is 0.432 e. The lowest BCUT2D eigenvalue weighted by Crippen LogP contribution is -2.61. The fourth-order valence-electron chi connectivity index (χ4n) is 3.69. The van der Waals surface area contributed by atoms with Crippen molar-refractivity contribution in [2.24, 2.45) is 0 Å². The summed E-state index contributed by atoms with van der Waals surface area (Å²) in [6, 6.07) is 18.9. The average Bonchev–Trinajstić information content (AvgIpc) is 3.13. The zero-order valence-electron chi connectivity index (χ0n) is 13.9. The summed E-state index contributed by atoms with van der Waals surface area (Å²) in [4.78, 5) is 25.4. The summed E-state index contributed by atoms with van der Waals surface area (Å²) < 4.78 is 5.68. The topological polar surface area (TPSA) is 49.9 Å². The molecule has 0 bridgehead atoms. The van der Waals surface area contributed by atoms with Crippen molar-refractivity contribution in [3.8, 4) is 0 Å². The Labute approximate surface area is 146 Å². The van der Waals surface area contributed by atoms with E-state index in [1.165, 1.54) is 5.01 Å². The van der Waals surface area contributed by atoms with E-state index < -0.39 is 6.09 Å². The second-order valence-electron chi connectivity index (χ2n) is 6.47. The number of carbonyl (C=O) groups is 2. The van der Waals surface area contributed by atoms with E-state index in [0.717, 1.165) is 18.4 Å². The molecule has 2 aliphatic rings. The Morgan fingerprint density at radius 1 is 1.04 bits per heavy atom. The standard InChI is InChI=1S/C20H20N2O3/c23-19(16-10-5-2-6-11-16)22-20(24)25-18(17-12-7-13-21(17)22)14-15-8-3-1-4-9-15/h1-6,8-11,17-18H,7,12-14H2/t17-,18-/m0/s1. The molecule has 2 fully saturated rings. The van der Waals surface area contributed by atoms with Crippen LogP contribution in [0.1, 0.15) is 28.8 Å². The number of fused-ring (bicyclic) bond motifs is 1. The number of ether oxygens (including phenoxy) is 1. The normalized spacial score (nSPS) is 23.2. The van der Waals surface area contributed by atoms with Gasteiger partial charge in [-0.2, -0.15) is 5.01 Å². The molecule has 5 nitrogen and oxygen atoms in total. The lowest BCUT2D eigenvalue weighted by molar-refractivity contribution is -0.0991. The first-order chi connectivity index (χ1) is 12.2. The van der Waals surface area contributed by atoms with Gasteiger partial charge in [0, 0.05) is 18.5 Å². The Bertz CT molecular complexity index is 763. The van der Waals surface area contributed by atoms with E-state index in [-0.39, 0.29) is 18.1 Å². The quantitative estimate of drug-likeness (QED) is 0.863. The molecule has 2 aromatic rings. The first-order valence-corrected chi connectivity index (χ1v) is 8.64. The van der Waals surface area contributed by atoms with Crippen LogP contribution >= 0.6 is 0 Å². The highest BCUT2D eigenvalue weighted by Crippen LogP contribution is 2.31. The van der Waals surface area contributed by atoms with E-state index in [4.69, 9.17) is 4.74 Å². The third kappa shape index (κ3) is 3.03. The number of hydrogen-bond donors (Lipinski definition) is 0. The Balaban J connectivity index is 1.57. The molecule has 2 amide bonds. The molecule has 128 valence electrons. The number of hydrogen-bond acceptors (Lipinski definition) is 4. The molecule has 4 rings (SSSR count). The number of amides is 2. The Morgan fingerprint density at radius 3 is 2.44 bits per heavy atom. The summed E-state index contributed by atoms with van der Waals surface area (Å²) in [5.74, 6) is -0.323. The number of cyclic esters (lactones) is 1. The van der Waals surface area contributed by atoms with Crippen LogP contribution in [0.25, 0.3) is 0 Å². The van der Waals surface area contributed by atoms with E-state index >= 15 is 0 Å². The van der Waals surface area contributed by atoms with Crippen LogP contribution in [0.5, 0.6) is 0 Å². The van der Waals surface area contributed by atoms with Crippen molar-refractivity contribution in [3.63, 3.8) is 0 Å². The minimum absolute atomic E-state index is 0.0468. The highest BCUT2D eigenvalue weighted by molar-refractivity contribution is 6.02. The number of hydrazine groups is 1. The summed E-state index contributed by atoms with van der Waals surface area (Å²) in [5.41, 5.74) is 1.63. The van der Waals surface area contributed by atoms with Crippen LogP contribution in [-0.2, 0) is 11.2 Å². The van der Waals surface area contributed by atoms with Crippen LogP contribution in [0.15, 0.2) is 60.7 Å². The fourth-order valence-corrected chi connectivity index (χ4v) is 3.69. The predicted molar refractivity (Wildman–Crippen MR) is 92.8 cm³/mol. The van der Waals surface area contributed by atoms with E-state index in [1.54, 1.807) is 24.3 Å². The maximum absolute atomic E-state index is 12.8. The molecule has 5 heteroatoms. The summed E-state index contributed by atoms with van der Waals surface area (Å²) in [5, 5.41) is 3.09. The number of carbonyl (C=O) groups excluding carboxylic acids is 2. The molecule has 0 saturated carbocycles. The number of imide groups is 1. The maximum atomic E-state index is 12.8. The van der Waals surface area contributed by atoms with Gasteiger partial charge in [-0.3, -0.25) is 4.79 Å². The summed E-state index contributed by atoms with van der Waals surface area (Å²) >= 11 is 0. The predicted octanol–water partition coefficient (Wildman–Crippen LogP) is 3.27. The van der Waals surface area contributed by atoms with Crippen LogP contribution in [-0.4, -0.2) is 40.7 Å². The van der Waals surface area contributed by atoms with Crippen LogP contribution in [0.4, 0.5) is 4.79 Å². The molecule has 0 aromatic heterocycles. The van der Waals surface area contributed by atoms with Crippen molar-refractivity contribution in [3.05, 3.63) is 71.8 Å². The Morgan fingerprint density at radius 2 is 1.72 bits per heavy atom. The van der Waals surface area contributed by atoms with Gasteiger partial charge in [0.05, 0.1) is 6.04 Å². The van der Waals surface area contributed by atoms with E-state index in [2.05, 4.69) is 0 Å². The van der Waals surface area contributed by atoms with Crippen molar-refractivity contribution in [2.75, 3.05) is 6.54 Å². The summed E-state index contributed by atoms with van der Waals surface area (Å²) in [6.07, 6.45) is 1.74. The molecule has 2 saturated heterocycles.